The number of benzene rings is 2. The van der Waals surface area contributed by atoms with Crippen molar-refractivity contribution in [3.63, 3.8) is 0 Å². The molecule has 0 fully saturated rings. The molecule has 0 radical (unpaired) electrons. The van der Waals surface area contributed by atoms with Crippen molar-refractivity contribution < 1.29 is 21.2 Å². The predicted octanol–water partition coefficient (Wildman–Crippen LogP) is 1.28. The minimum absolute atomic E-state index is 0.203. The molecule has 0 aliphatic rings. The average Bonchev–Trinajstić information content (AvgIpc) is 2.58. The van der Waals surface area contributed by atoms with Gasteiger partial charge in [0.05, 0.1) is 1.37 Å². The number of hydrogen-bond acceptors (Lipinski definition) is 4. The van der Waals surface area contributed by atoms with Gasteiger partial charge in [-0.2, -0.15) is 0 Å². The molecule has 0 amide bonds. The SMILES string of the molecule is N[C@@H](Cc1ccccc1)C(=O)O.[2H]c1ccccc1C[C@H](N)C(=O)O. The van der Waals surface area contributed by atoms with Crippen molar-refractivity contribution in [1.82, 2.24) is 0 Å². The molecule has 2 aromatic carbocycles. The number of rotatable bonds is 6. The number of carbonyl (C=O) groups is 2. The molecule has 6 nitrogen and oxygen atoms in total. The van der Waals surface area contributed by atoms with Crippen molar-refractivity contribution in [3.8, 4) is 0 Å². The van der Waals surface area contributed by atoms with Crippen molar-refractivity contribution in [2.75, 3.05) is 0 Å². The van der Waals surface area contributed by atoms with Gasteiger partial charge in [-0.1, -0.05) is 60.6 Å². The summed E-state index contributed by atoms with van der Waals surface area (Å²) < 4.78 is 7.46. The van der Waals surface area contributed by atoms with Crippen LogP contribution >= 0.6 is 0 Å². The summed E-state index contributed by atoms with van der Waals surface area (Å²) in [6.07, 6.45) is 0.588. The van der Waals surface area contributed by atoms with Gasteiger partial charge in [-0.05, 0) is 24.0 Å². The molecule has 24 heavy (non-hydrogen) atoms. The molecular weight excluding hydrogens is 308 g/mol. The third-order valence-electron chi connectivity index (χ3n) is 3.15. The Hall–Kier alpha value is -2.70. The van der Waals surface area contributed by atoms with Crippen LogP contribution in [0.15, 0.2) is 60.6 Å². The fourth-order valence-corrected chi connectivity index (χ4v) is 1.84. The van der Waals surface area contributed by atoms with Crippen molar-refractivity contribution in [2.24, 2.45) is 11.5 Å². The van der Waals surface area contributed by atoms with E-state index in [9.17, 15) is 9.59 Å². The highest BCUT2D eigenvalue weighted by atomic mass is 16.4. The Labute approximate surface area is 142 Å². The molecule has 0 saturated heterocycles. The van der Waals surface area contributed by atoms with Crippen LogP contribution in [0.25, 0.3) is 0 Å². The van der Waals surface area contributed by atoms with Crippen molar-refractivity contribution >= 4 is 11.9 Å². The lowest BCUT2D eigenvalue weighted by Gasteiger charge is -2.04. The van der Waals surface area contributed by atoms with Gasteiger partial charge >= 0.3 is 11.9 Å². The summed E-state index contributed by atoms with van der Waals surface area (Å²) in [6.45, 7) is 0. The molecule has 2 aromatic rings. The van der Waals surface area contributed by atoms with Crippen molar-refractivity contribution in [2.45, 2.75) is 24.9 Å². The molecule has 0 spiro atoms. The maximum Gasteiger partial charge on any atom is 0.320 e. The molecule has 128 valence electrons. The second-order valence-electron chi connectivity index (χ2n) is 5.17. The van der Waals surface area contributed by atoms with Crippen LogP contribution in [0, 0.1) is 0 Å². The first-order valence-electron chi connectivity index (χ1n) is 7.86. The fourth-order valence-electron chi connectivity index (χ4n) is 1.84. The van der Waals surface area contributed by atoms with Crippen LogP contribution < -0.4 is 11.5 Å². The predicted molar refractivity (Wildman–Crippen MR) is 91.5 cm³/mol. The van der Waals surface area contributed by atoms with Crippen LogP contribution in [0.4, 0.5) is 0 Å². The van der Waals surface area contributed by atoms with Gasteiger partial charge < -0.3 is 21.7 Å². The third kappa shape index (κ3) is 7.53. The lowest BCUT2D eigenvalue weighted by atomic mass is 10.1. The second-order valence-corrected chi connectivity index (χ2v) is 5.17. The normalized spacial score (nSPS) is 13.0. The first kappa shape index (κ1) is 17.7. The number of nitrogens with two attached hydrogens (primary N) is 2. The largest absolute Gasteiger partial charge is 0.480 e. The molecule has 2 rings (SSSR count). The van der Waals surface area contributed by atoms with E-state index >= 15 is 0 Å². The highest BCUT2D eigenvalue weighted by molar-refractivity contribution is 5.73. The van der Waals surface area contributed by atoms with Gasteiger partial charge in [0.15, 0.2) is 0 Å². The quantitative estimate of drug-likeness (QED) is 0.631. The van der Waals surface area contributed by atoms with E-state index in [-0.39, 0.29) is 6.42 Å². The van der Waals surface area contributed by atoms with E-state index in [1.807, 2.05) is 30.3 Å². The maximum atomic E-state index is 10.4. The Kier molecular flexibility index (Phi) is 7.46. The molecule has 6 heteroatoms. The molecule has 0 aliphatic carbocycles. The summed E-state index contributed by atoms with van der Waals surface area (Å²) >= 11 is 0. The van der Waals surface area contributed by atoms with E-state index in [2.05, 4.69) is 0 Å². The Morgan fingerprint density at radius 1 is 0.833 bits per heavy atom. The number of aliphatic carboxylic acids is 2. The van der Waals surface area contributed by atoms with Crippen LogP contribution in [0.1, 0.15) is 12.5 Å². The number of hydrogen-bond donors (Lipinski definition) is 4. The summed E-state index contributed by atoms with van der Waals surface area (Å²) in [5, 5.41) is 17.1. The molecule has 6 N–H and O–H groups in total. The lowest BCUT2D eigenvalue weighted by molar-refractivity contribution is -0.139. The molecule has 0 saturated carbocycles. The smallest absolute Gasteiger partial charge is 0.320 e. The molecule has 0 aromatic heterocycles. The van der Waals surface area contributed by atoms with Crippen LogP contribution in [0.5, 0.6) is 0 Å². The minimum Gasteiger partial charge on any atom is -0.480 e. The second kappa shape index (κ2) is 10.1. The van der Waals surface area contributed by atoms with Gasteiger partial charge in [0.1, 0.15) is 12.1 Å². The van der Waals surface area contributed by atoms with Crippen molar-refractivity contribution in [3.05, 3.63) is 71.8 Å². The first-order chi connectivity index (χ1) is 11.8. The number of carboxylic acids is 2. The highest BCUT2D eigenvalue weighted by Gasteiger charge is 2.11. The molecule has 0 unspecified atom stereocenters. The lowest BCUT2D eigenvalue weighted by Crippen LogP contribution is -2.32. The summed E-state index contributed by atoms with van der Waals surface area (Å²) in [7, 11) is 0. The zero-order valence-corrected chi connectivity index (χ0v) is 13.1. The highest BCUT2D eigenvalue weighted by Crippen LogP contribution is 2.02. The first-order valence-corrected chi connectivity index (χ1v) is 7.36. The number of carboxylic acid groups (broad SMARTS) is 2. The monoisotopic (exact) mass is 331 g/mol. The van der Waals surface area contributed by atoms with E-state index in [0.717, 1.165) is 5.56 Å². The molecule has 0 bridgehead atoms. The van der Waals surface area contributed by atoms with E-state index < -0.39 is 24.0 Å². The zero-order chi connectivity index (χ0) is 18.8. The van der Waals surface area contributed by atoms with Gasteiger partial charge in [-0.15, -0.1) is 0 Å². The van der Waals surface area contributed by atoms with Crippen LogP contribution in [-0.4, -0.2) is 34.2 Å². The van der Waals surface area contributed by atoms with Crippen LogP contribution in [0.2, 0.25) is 0 Å². The molecule has 0 aliphatic heterocycles. The van der Waals surface area contributed by atoms with Gasteiger partial charge in [0, 0.05) is 0 Å². The maximum absolute atomic E-state index is 10.4. The van der Waals surface area contributed by atoms with Gasteiger partial charge in [0.25, 0.3) is 0 Å². The topological polar surface area (TPSA) is 127 Å². The Balaban J connectivity index is 0.000000251. The summed E-state index contributed by atoms with van der Waals surface area (Å²) in [4.78, 5) is 20.8. The zero-order valence-electron chi connectivity index (χ0n) is 14.1. The van der Waals surface area contributed by atoms with Gasteiger partial charge in [-0.25, -0.2) is 0 Å². The van der Waals surface area contributed by atoms with E-state index in [4.69, 9.17) is 23.1 Å². The van der Waals surface area contributed by atoms with Gasteiger partial charge in [0.2, 0.25) is 0 Å². The van der Waals surface area contributed by atoms with Gasteiger partial charge in [-0.3, -0.25) is 9.59 Å². The van der Waals surface area contributed by atoms with Crippen LogP contribution in [-0.2, 0) is 22.4 Å². The summed E-state index contributed by atoms with van der Waals surface area (Å²) in [5.74, 6) is -2.00. The molecule has 2 atom stereocenters. The summed E-state index contributed by atoms with van der Waals surface area (Å²) in [6, 6.07) is 14.8. The van der Waals surface area contributed by atoms with Crippen molar-refractivity contribution in [1.29, 1.82) is 0 Å². The van der Waals surface area contributed by atoms with Crippen LogP contribution in [0.3, 0.4) is 0 Å². The Morgan fingerprint density at radius 3 is 1.71 bits per heavy atom. The Morgan fingerprint density at radius 2 is 1.25 bits per heavy atom. The van der Waals surface area contributed by atoms with E-state index in [1.54, 1.807) is 24.3 Å². The molecule has 0 heterocycles. The summed E-state index contributed by atoms with van der Waals surface area (Å²) in [5.41, 5.74) is 12.3. The Bertz CT molecular complexity index is 694. The molecular formula is C18H22N2O4. The third-order valence-corrected chi connectivity index (χ3v) is 3.15. The van der Waals surface area contributed by atoms with E-state index in [0.29, 0.717) is 18.0 Å². The average molecular weight is 331 g/mol. The minimum atomic E-state index is -1.04. The fraction of sp³-hybridized carbons (Fsp3) is 0.222. The van der Waals surface area contributed by atoms with E-state index in [1.165, 1.54) is 0 Å². The standard InChI is InChI=1S/2C9H11NO2/c2*10-8(9(11)12)6-7-4-2-1-3-5-7/h2*1-5,8H,6,10H2,(H,11,12)/t2*8-/m00/s1/i4D;.